The fraction of sp³-hybridized carbons (Fsp3) is 0.235. The highest BCUT2D eigenvalue weighted by atomic mass is 15.1. The summed E-state index contributed by atoms with van der Waals surface area (Å²) in [7, 11) is 0. The average Bonchev–Trinajstić information content (AvgIpc) is 2.56. The summed E-state index contributed by atoms with van der Waals surface area (Å²) in [5, 5.41) is 3.56. The van der Waals surface area contributed by atoms with Crippen molar-refractivity contribution in [3.8, 4) is 0 Å². The van der Waals surface area contributed by atoms with E-state index in [1.807, 2.05) is 18.2 Å². The summed E-state index contributed by atoms with van der Waals surface area (Å²) in [5.41, 5.74) is 19.0. The Morgan fingerprint density at radius 2 is 1.95 bits per heavy atom. The number of nitrogens with two attached hydrogens (primary N) is 1. The van der Waals surface area contributed by atoms with Crippen LogP contribution in [0.2, 0.25) is 0 Å². The van der Waals surface area contributed by atoms with Gasteiger partial charge in [-0.3, -0.25) is 4.99 Å². The van der Waals surface area contributed by atoms with Gasteiger partial charge in [-0.25, -0.2) is 0 Å². The lowest BCUT2D eigenvalue weighted by atomic mass is 9.92. The van der Waals surface area contributed by atoms with Gasteiger partial charge in [0.1, 0.15) is 5.84 Å². The molecule has 22 heavy (non-hydrogen) atoms. The van der Waals surface area contributed by atoms with E-state index in [4.69, 9.17) is 11.3 Å². The SMILES string of the molecule is [N-]=[N+]=NCCc1ccc(C2Cc3ccccc3C(N)=N2)cc1. The highest BCUT2D eigenvalue weighted by molar-refractivity contribution is 5.99. The molecule has 3 rings (SSSR count). The van der Waals surface area contributed by atoms with Crippen LogP contribution in [0.3, 0.4) is 0 Å². The Bertz CT molecular complexity index is 742. The van der Waals surface area contributed by atoms with Crippen LogP contribution < -0.4 is 5.73 Å². The molecule has 0 saturated carbocycles. The van der Waals surface area contributed by atoms with E-state index < -0.39 is 0 Å². The minimum Gasteiger partial charge on any atom is -0.383 e. The molecule has 0 aliphatic carbocycles. The molecule has 0 amide bonds. The summed E-state index contributed by atoms with van der Waals surface area (Å²) in [4.78, 5) is 7.39. The Labute approximate surface area is 129 Å². The molecule has 110 valence electrons. The van der Waals surface area contributed by atoms with Crippen LogP contribution in [-0.2, 0) is 12.8 Å². The Hall–Kier alpha value is -2.78. The highest BCUT2D eigenvalue weighted by Gasteiger charge is 2.20. The maximum atomic E-state index is 8.30. The van der Waals surface area contributed by atoms with E-state index in [0.29, 0.717) is 12.4 Å². The third-order valence-electron chi connectivity index (χ3n) is 3.93. The van der Waals surface area contributed by atoms with Crippen LogP contribution in [0.4, 0.5) is 0 Å². The summed E-state index contributed by atoms with van der Waals surface area (Å²) in [6.45, 7) is 0.484. The van der Waals surface area contributed by atoms with Crippen LogP contribution in [0.15, 0.2) is 58.6 Å². The van der Waals surface area contributed by atoms with E-state index in [-0.39, 0.29) is 6.04 Å². The summed E-state index contributed by atoms with van der Waals surface area (Å²) >= 11 is 0. The number of benzene rings is 2. The third-order valence-corrected chi connectivity index (χ3v) is 3.93. The van der Waals surface area contributed by atoms with Crippen molar-refractivity contribution >= 4 is 5.84 Å². The topological polar surface area (TPSA) is 87.1 Å². The first-order valence-electron chi connectivity index (χ1n) is 7.29. The average molecular weight is 291 g/mol. The molecule has 1 aliphatic rings. The first-order valence-corrected chi connectivity index (χ1v) is 7.29. The van der Waals surface area contributed by atoms with Gasteiger partial charge in [-0.1, -0.05) is 53.6 Å². The van der Waals surface area contributed by atoms with Crippen LogP contribution >= 0.6 is 0 Å². The van der Waals surface area contributed by atoms with Crippen molar-refractivity contribution in [1.82, 2.24) is 0 Å². The molecule has 5 nitrogen and oxygen atoms in total. The van der Waals surface area contributed by atoms with Crippen molar-refractivity contribution in [2.24, 2.45) is 15.8 Å². The standard InChI is InChI=1S/C17H17N5/c18-17-15-4-2-1-3-14(15)11-16(21-17)13-7-5-12(6-8-13)9-10-20-22-19/h1-8,16H,9-11H2,(H2,18,21). The fourth-order valence-corrected chi connectivity index (χ4v) is 2.76. The Balaban J connectivity index is 1.78. The lowest BCUT2D eigenvalue weighted by molar-refractivity contribution is 0.709. The molecular weight excluding hydrogens is 274 g/mol. The van der Waals surface area contributed by atoms with Gasteiger partial charge < -0.3 is 5.73 Å². The maximum Gasteiger partial charge on any atom is 0.126 e. The van der Waals surface area contributed by atoms with Crippen molar-refractivity contribution in [2.45, 2.75) is 18.9 Å². The van der Waals surface area contributed by atoms with E-state index in [9.17, 15) is 0 Å². The molecule has 2 aromatic rings. The van der Waals surface area contributed by atoms with Crippen LogP contribution in [0.1, 0.15) is 28.3 Å². The lowest BCUT2D eigenvalue weighted by Crippen LogP contribution is -2.22. The summed E-state index contributed by atoms with van der Waals surface area (Å²) in [6, 6.07) is 16.5. The molecule has 0 radical (unpaired) electrons. The predicted octanol–water partition coefficient (Wildman–Crippen LogP) is 3.54. The molecular formula is C17H17N5. The van der Waals surface area contributed by atoms with Gasteiger partial charge in [0.25, 0.3) is 0 Å². The first-order chi connectivity index (χ1) is 10.8. The highest BCUT2D eigenvalue weighted by Crippen LogP contribution is 2.28. The molecule has 5 heteroatoms. The molecule has 1 atom stereocenters. The number of hydrogen-bond donors (Lipinski definition) is 1. The zero-order valence-electron chi connectivity index (χ0n) is 12.2. The monoisotopic (exact) mass is 291 g/mol. The summed E-state index contributed by atoms with van der Waals surface area (Å²) in [6.07, 6.45) is 1.62. The van der Waals surface area contributed by atoms with Crippen molar-refractivity contribution in [1.29, 1.82) is 0 Å². The molecule has 0 spiro atoms. The van der Waals surface area contributed by atoms with Gasteiger partial charge in [0, 0.05) is 17.0 Å². The van der Waals surface area contributed by atoms with E-state index in [2.05, 4.69) is 45.4 Å². The van der Waals surface area contributed by atoms with Gasteiger partial charge in [0.15, 0.2) is 0 Å². The molecule has 0 aromatic heterocycles. The second-order valence-corrected chi connectivity index (χ2v) is 5.34. The van der Waals surface area contributed by atoms with Crippen molar-refractivity contribution in [3.63, 3.8) is 0 Å². The van der Waals surface area contributed by atoms with Crippen molar-refractivity contribution in [2.75, 3.05) is 6.54 Å². The van der Waals surface area contributed by atoms with Crippen LogP contribution in [-0.4, -0.2) is 12.4 Å². The molecule has 1 heterocycles. The van der Waals surface area contributed by atoms with E-state index in [0.717, 1.165) is 29.5 Å². The minimum atomic E-state index is 0.0704. The quantitative estimate of drug-likeness (QED) is 0.521. The smallest absolute Gasteiger partial charge is 0.126 e. The van der Waals surface area contributed by atoms with Crippen LogP contribution in [0, 0.1) is 0 Å². The molecule has 0 fully saturated rings. The second-order valence-electron chi connectivity index (χ2n) is 5.34. The Kier molecular flexibility index (Phi) is 4.08. The number of rotatable bonds is 4. The summed E-state index contributed by atoms with van der Waals surface area (Å²) < 4.78 is 0. The Morgan fingerprint density at radius 1 is 1.18 bits per heavy atom. The normalized spacial score (nSPS) is 16.4. The zero-order chi connectivity index (χ0) is 15.4. The van der Waals surface area contributed by atoms with Crippen molar-refractivity contribution in [3.05, 3.63) is 81.2 Å². The third kappa shape index (κ3) is 2.95. The molecule has 0 bridgehead atoms. The molecule has 0 saturated heterocycles. The number of azide groups is 1. The van der Waals surface area contributed by atoms with Gasteiger partial charge in [-0.05, 0) is 35.1 Å². The second kappa shape index (κ2) is 6.33. The number of nitrogens with zero attached hydrogens (tertiary/aromatic N) is 4. The minimum absolute atomic E-state index is 0.0704. The lowest BCUT2D eigenvalue weighted by Gasteiger charge is -2.22. The van der Waals surface area contributed by atoms with E-state index >= 15 is 0 Å². The largest absolute Gasteiger partial charge is 0.383 e. The molecule has 1 aliphatic heterocycles. The van der Waals surface area contributed by atoms with Gasteiger partial charge in [0.2, 0.25) is 0 Å². The molecule has 1 unspecified atom stereocenters. The van der Waals surface area contributed by atoms with Gasteiger partial charge in [-0.15, -0.1) is 0 Å². The first kappa shape index (κ1) is 14.2. The zero-order valence-corrected chi connectivity index (χ0v) is 12.2. The van der Waals surface area contributed by atoms with Gasteiger partial charge in [-0.2, -0.15) is 0 Å². The molecule has 2 N–H and O–H groups in total. The van der Waals surface area contributed by atoms with E-state index in [1.54, 1.807) is 0 Å². The van der Waals surface area contributed by atoms with Gasteiger partial charge in [0.05, 0.1) is 6.04 Å². The van der Waals surface area contributed by atoms with Crippen LogP contribution in [0.5, 0.6) is 0 Å². The van der Waals surface area contributed by atoms with E-state index in [1.165, 1.54) is 5.56 Å². The van der Waals surface area contributed by atoms with Gasteiger partial charge >= 0.3 is 0 Å². The number of amidine groups is 1. The van der Waals surface area contributed by atoms with Crippen LogP contribution in [0.25, 0.3) is 10.4 Å². The number of hydrogen-bond acceptors (Lipinski definition) is 3. The predicted molar refractivity (Wildman–Crippen MR) is 87.8 cm³/mol. The Morgan fingerprint density at radius 3 is 2.73 bits per heavy atom. The summed E-state index contributed by atoms with van der Waals surface area (Å²) in [5.74, 6) is 0.610. The molecule has 2 aromatic carbocycles. The fourth-order valence-electron chi connectivity index (χ4n) is 2.76. The maximum absolute atomic E-state index is 8.30. The van der Waals surface area contributed by atoms with Crippen molar-refractivity contribution < 1.29 is 0 Å². The number of fused-ring (bicyclic) bond motifs is 1. The number of aliphatic imine (C=N–C) groups is 1.